The average molecular weight is 342 g/mol. The molecule has 1 aliphatic rings. The molecule has 1 aromatic rings. The van der Waals surface area contributed by atoms with Gasteiger partial charge in [0, 0.05) is 37.2 Å². The van der Waals surface area contributed by atoms with E-state index < -0.39 is 0 Å². The van der Waals surface area contributed by atoms with E-state index in [9.17, 15) is 0 Å². The van der Waals surface area contributed by atoms with E-state index in [0.29, 0.717) is 4.99 Å². The number of thiocarbonyl (C=S) groups is 1. The smallest absolute Gasteiger partial charge is 0.0899 e. The Bertz CT molecular complexity index is 427. The number of hydrogen-bond acceptors (Lipinski definition) is 3. The van der Waals surface area contributed by atoms with Crippen molar-refractivity contribution in [3.63, 3.8) is 0 Å². The first-order valence-corrected chi connectivity index (χ1v) is 7.76. The van der Waals surface area contributed by atoms with Crippen LogP contribution in [0.2, 0.25) is 0 Å². The van der Waals surface area contributed by atoms with Crippen LogP contribution in [-0.2, 0) is 6.54 Å². The fourth-order valence-electron chi connectivity index (χ4n) is 2.34. The molecular weight excluding hydrogens is 322 g/mol. The summed E-state index contributed by atoms with van der Waals surface area (Å²) in [6.07, 6.45) is 0. The van der Waals surface area contributed by atoms with Gasteiger partial charge in [0.15, 0.2) is 0 Å². The normalized spacial score (nSPS) is 19.3. The first-order valence-electron chi connectivity index (χ1n) is 6.56. The number of halogens is 1. The Hall–Kier alpha value is -0.490. The Morgan fingerprint density at radius 1 is 1.26 bits per heavy atom. The molecule has 1 heterocycles. The van der Waals surface area contributed by atoms with Crippen LogP contribution in [0.15, 0.2) is 28.7 Å². The number of rotatable bonds is 4. The topological polar surface area (TPSA) is 32.5 Å². The number of piperazine rings is 1. The van der Waals surface area contributed by atoms with Crippen molar-refractivity contribution in [3.8, 4) is 0 Å². The molecule has 2 N–H and O–H groups in total. The maximum atomic E-state index is 5.71. The highest BCUT2D eigenvalue weighted by atomic mass is 79.9. The lowest BCUT2D eigenvalue weighted by atomic mass is 10.2. The summed E-state index contributed by atoms with van der Waals surface area (Å²) < 4.78 is 1.13. The van der Waals surface area contributed by atoms with Crippen LogP contribution in [0, 0.1) is 0 Å². The Labute approximate surface area is 128 Å². The van der Waals surface area contributed by atoms with E-state index in [1.807, 2.05) is 0 Å². The van der Waals surface area contributed by atoms with Gasteiger partial charge in [0.2, 0.25) is 0 Å². The highest BCUT2D eigenvalue weighted by Crippen LogP contribution is 2.14. The second-order valence-corrected chi connectivity index (χ2v) is 6.40. The molecule has 0 aromatic heterocycles. The molecular formula is C14H20BrN3S. The molecule has 1 saturated heterocycles. The maximum Gasteiger partial charge on any atom is 0.0899 e. The van der Waals surface area contributed by atoms with E-state index in [4.69, 9.17) is 18.0 Å². The maximum absolute atomic E-state index is 5.71. The van der Waals surface area contributed by atoms with Gasteiger partial charge in [-0.1, -0.05) is 40.3 Å². The number of benzene rings is 1. The van der Waals surface area contributed by atoms with Crippen molar-refractivity contribution in [2.75, 3.05) is 26.2 Å². The summed E-state index contributed by atoms with van der Waals surface area (Å²) in [6.45, 7) is 7.32. The quantitative estimate of drug-likeness (QED) is 0.851. The van der Waals surface area contributed by atoms with Crippen LogP contribution >= 0.6 is 28.1 Å². The molecule has 0 aliphatic carbocycles. The molecule has 5 heteroatoms. The van der Waals surface area contributed by atoms with E-state index >= 15 is 0 Å². The molecule has 2 rings (SSSR count). The predicted molar refractivity (Wildman–Crippen MR) is 87.2 cm³/mol. The van der Waals surface area contributed by atoms with Crippen LogP contribution in [0.4, 0.5) is 0 Å². The third-order valence-corrected chi connectivity index (χ3v) is 4.56. The van der Waals surface area contributed by atoms with Crippen molar-refractivity contribution in [1.29, 1.82) is 0 Å². The fourth-order valence-corrected chi connectivity index (χ4v) is 2.75. The van der Waals surface area contributed by atoms with Gasteiger partial charge >= 0.3 is 0 Å². The van der Waals surface area contributed by atoms with Gasteiger partial charge in [0.05, 0.1) is 11.0 Å². The molecule has 0 bridgehead atoms. The summed E-state index contributed by atoms with van der Waals surface area (Å²) >= 11 is 8.53. The molecule has 3 nitrogen and oxygen atoms in total. The molecule has 0 spiro atoms. The number of hydrogen-bond donors (Lipinski definition) is 1. The minimum Gasteiger partial charge on any atom is -0.392 e. The van der Waals surface area contributed by atoms with Crippen molar-refractivity contribution >= 4 is 33.1 Å². The summed E-state index contributed by atoms with van der Waals surface area (Å²) in [6, 6.07) is 8.76. The lowest BCUT2D eigenvalue weighted by Gasteiger charge is -2.37. The Balaban J connectivity index is 1.83. The third kappa shape index (κ3) is 4.24. The van der Waals surface area contributed by atoms with Gasteiger partial charge in [-0.25, -0.2) is 0 Å². The van der Waals surface area contributed by atoms with E-state index in [2.05, 4.69) is 56.9 Å². The summed E-state index contributed by atoms with van der Waals surface area (Å²) in [4.78, 5) is 5.44. The van der Waals surface area contributed by atoms with Crippen LogP contribution in [0.3, 0.4) is 0 Å². The zero-order valence-corrected chi connectivity index (χ0v) is 13.6. The minimum absolute atomic E-state index is 0.213. The van der Waals surface area contributed by atoms with Gasteiger partial charge < -0.3 is 5.73 Å². The highest BCUT2D eigenvalue weighted by Gasteiger charge is 2.22. The lowest BCUT2D eigenvalue weighted by Crippen LogP contribution is -2.52. The van der Waals surface area contributed by atoms with Gasteiger partial charge in [-0.05, 0) is 24.6 Å². The summed E-state index contributed by atoms with van der Waals surface area (Å²) in [5.74, 6) is 0. The van der Waals surface area contributed by atoms with Gasteiger partial charge in [-0.2, -0.15) is 0 Å². The van der Waals surface area contributed by atoms with Crippen molar-refractivity contribution in [1.82, 2.24) is 9.80 Å². The molecule has 1 aliphatic heterocycles. The summed E-state index contributed by atoms with van der Waals surface area (Å²) in [5.41, 5.74) is 7.07. The van der Waals surface area contributed by atoms with Crippen LogP contribution in [0.1, 0.15) is 12.5 Å². The second-order valence-electron chi connectivity index (χ2n) is 5.02. The zero-order chi connectivity index (χ0) is 13.8. The van der Waals surface area contributed by atoms with Crippen LogP contribution in [0.25, 0.3) is 0 Å². The van der Waals surface area contributed by atoms with Crippen molar-refractivity contribution < 1.29 is 0 Å². The van der Waals surface area contributed by atoms with E-state index in [1.54, 1.807) is 0 Å². The molecule has 0 amide bonds. The molecule has 1 unspecified atom stereocenters. The number of nitrogens with two attached hydrogens (primary N) is 1. The van der Waals surface area contributed by atoms with Gasteiger partial charge in [0.25, 0.3) is 0 Å². The van der Waals surface area contributed by atoms with Gasteiger partial charge in [-0.3, -0.25) is 9.80 Å². The molecule has 0 radical (unpaired) electrons. The lowest BCUT2D eigenvalue weighted by molar-refractivity contribution is 0.118. The van der Waals surface area contributed by atoms with Gasteiger partial charge in [0.1, 0.15) is 0 Å². The fraction of sp³-hybridized carbons (Fsp3) is 0.500. The van der Waals surface area contributed by atoms with E-state index in [1.165, 1.54) is 5.56 Å². The Kier molecular flexibility index (Phi) is 5.33. The Morgan fingerprint density at radius 2 is 1.84 bits per heavy atom. The first-order chi connectivity index (χ1) is 9.06. The van der Waals surface area contributed by atoms with Crippen molar-refractivity contribution in [2.45, 2.75) is 19.5 Å². The minimum atomic E-state index is 0.213. The standard InChI is InChI=1S/C14H20BrN3S/c1-11(14(16)19)18-8-6-17(7-9-18)10-12-2-4-13(15)5-3-12/h2-5,11H,6-10H2,1H3,(H2,16,19). The van der Waals surface area contributed by atoms with E-state index in [0.717, 1.165) is 37.2 Å². The SMILES string of the molecule is CC(C(N)=S)N1CCN(Cc2ccc(Br)cc2)CC1. The molecule has 0 saturated carbocycles. The molecule has 1 aromatic carbocycles. The van der Waals surface area contributed by atoms with Crippen molar-refractivity contribution in [3.05, 3.63) is 34.3 Å². The first kappa shape index (κ1) is 14.9. The largest absolute Gasteiger partial charge is 0.392 e. The Morgan fingerprint density at radius 3 is 2.37 bits per heavy atom. The summed E-state index contributed by atoms with van der Waals surface area (Å²) in [7, 11) is 0. The highest BCUT2D eigenvalue weighted by molar-refractivity contribution is 9.10. The number of nitrogens with zero attached hydrogens (tertiary/aromatic N) is 2. The summed E-state index contributed by atoms with van der Waals surface area (Å²) in [5, 5.41) is 0. The monoisotopic (exact) mass is 341 g/mol. The predicted octanol–water partition coefficient (Wildman–Crippen LogP) is 2.24. The molecule has 19 heavy (non-hydrogen) atoms. The second kappa shape index (κ2) is 6.79. The third-order valence-electron chi connectivity index (χ3n) is 3.69. The molecule has 1 fully saturated rings. The van der Waals surface area contributed by atoms with Gasteiger partial charge in [-0.15, -0.1) is 0 Å². The van der Waals surface area contributed by atoms with Crippen LogP contribution in [0.5, 0.6) is 0 Å². The zero-order valence-electron chi connectivity index (χ0n) is 11.2. The van der Waals surface area contributed by atoms with E-state index in [-0.39, 0.29) is 6.04 Å². The van der Waals surface area contributed by atoms with Crippen LogP contribution < -0.4 is 5.73 Å². The van der Waals surface area contributed by atoms with Crippen molar-refractivity contribution in [2.24, 2.45) is 5.73 Å². The molecule has 104 valence electrons. The average Bonchev–Trinajstić information content (AvgIpc) is 2.41. The molecule has 1 atom stereocenters. The van der Waals surface area contributed by atoms with Crippen LogP contribution in [-0.4, -0.2) is 47.0 Å².